The first-order valence-electron chi connectivity index (χ1n) is 2.25. The summed E-state index contributed by atoms with van der Waals surface area (Å²) in [5.74, 6) is 0.0799. The minimum absolute atomic E-state index is 0. The van der Waals surface area contributed by atoms with Crippen LogP contribution >= 0.6 is 0 Å². The molecule has 9 heavy (non-hydrogen) atoms. The molecular weight excluding hydrogens is 151 g/mol. The predicted molar refractivity (Wildman–Crippen MR) is 30.3 cm³/mol. The van der Waals surface area contributed by atoms with Crippen molar-refractivity contribution in [2.24, 2.45) is 0 Å². The van der Waals surface area contributed by atoms with Crippen LogP contribution < -0.4 is 29.6 Å². The first-order valence-corrected chi connectivity index (χ1v) is 3.50. The molecule has 0 spiro atoms. The number of hydrogen-bond acceptors (Lipinski definition) is 3. The van der Waals surface area contributed by atoms with E-state index in [4.69, 9.17) is 0 Å². The number of ether oxygens (including phenoxy) is 1. The number of hydrogen-bond donors (Lipinski definition) is 0. The van der Waals surface area contributed by atoms with Gasteiger partial charge in [-0.05, 0) is 6.92 Å². The summed E-state index contributed by atoms with van der Waals surface area (Å²) in [5.41, 5.74) is 0. The van der Waals surface area contributed by atoms with Gasteiger partial charge in [0.05, 0.1) is 6.10 Å². The second-order valence-electron chi connectivity index (χ2n) is 1.52. The van der Waals surface area contributed by atoms with Gasteiger partial charge in [0.1, 0.15) is 0 Å². The second-order valence-corrected chi connectivity index (χ2v) is 2.46. The van der Waals surface area contributed by atoms with Gasteiger partial charge < -0.3 is 9.29 Å². The summed E-state index contributed by atoms with van der Waals surface area (Å²) in [6.45, 7) is 1.70. The zero-order chi connectivity index (χ0) is 6.57. The van der Waals surface area contributed by atoms with Crippen LogP contribution in [0.5, 0.6) is 0 Å². The van der Waals surface area contributed by atoms with Gasteiger partial charge in [0.25, 0.3) is 0 Å². The van der Waals surface area contributed by atoms with Crippen LogP contribution in [0.15, 0.2) is 0 Å². The maximum Gasteiger partial charge on any atom is 1.00 e. The largest absolute Gasteiger partial charge is 1.00 e. The van der Waals surface area contributed by atoms with E-state index in [1.54, 1.807) is 6.92 Å². The summed E-state index contributed by atoms with van der Waals surface area (Å²) in [6.07, 6.45) is -0.187. The standard InChI is InChI=1S/C4H10O3S.Na/c1-4(7-2)3-8(5)6;/h4H,3H2,1-2H3,(H,5,6);/q;+1/p-1. The van der Waals surface area contributed by atoms with Crippen molar-refractivity contribution in [3.63, 3.8) is 0 Å². The van der Waals surface area contributed by atoms with Crippen LogP contribution in [0, 0.1) is 0 Å². The van der Waals surface area contributed by atoms with Crippen molar-refractivity contribution in [3.8, 4) is 0 Å². The molecule has 0 aromatic heterocycles. The van der Waals surface area contributed by atoms with Gasteiger partial charge in [0, 0.05) is 12.9 Å². The van der Waals surface area contributed by atoms with E-state index in [0.29, 0.717) is 0 Å². The Bertz CT molecular complexity index is 87.9. The summed E-state index contributed by atoms with van der Waals surface area (Å²) in [4.78, 5) is 0. The molecule has 0 bridgehead atoms. The van der Waals surface area contributed by atoms with Crippen LogP contribution in [-0.4, -0.2) is 27.7 Å². The summed E-state index contributed by atoms with van der Waals surface area (Å²) in [5, 5.41) is 0. The minimum Gasteiger partial charge on any atom is -0.772 e. The summed E-state index contributed by atoms with van der Waals surface area (Å²) in [6, 6.07) is 0. The van der Waals surface area contributed by atoms with Crippen molar-refractivity contribution >= 4 is 11.1 Å². The van der Waals surface area contributed by atoms with Gasteiger partial charge in [0.15, 0.2) is 0 Å². The van der Waals surface area contributed by atoms with E-state index in [9.17, 15) is 8.76 Å². The van der Waals surface area contributed by atoms with Crippen LogP contribution in [0.1, 0.15) is 6.92 Å². The van der Waals surface area contributed by atoms with Crippen molar-refractivity contribution < 1.29 is 43.1 Å². The van der Waals surface area contributed by atoms with Crippen LogP contribution in [0.25, 0.3) is 0 Å². The van der Waals surface area contributed by atoms with Crippen molar-refractivity contribution in [2.75, 3.05) is 12.9 Å². The fourth-order valence-electron chi connectivity index (χ4n) is 0.260. The van der Waals surface area contributed by atoms with Gasteiger partial charge in [-0.3, -0.25) is 4.21 Å². The van der Waals surface area contributed by atoms with Gasteiger partial charge in [-0.1, -0.05) is 11.1 Å². The predicted octanol–water partition coefficient (Wildman–Crippen LogP) is -3.10. The summed E-state index contributed by atoms with van der Waals surface area (Å²) in [7, 11) is 1.48. The Labute approximate surface area is 79.7 Å². The fraction of sp³-hybridized carbons (Fsp3) is 1.00. The van der Waals surface area contributed by atoms with E-state index in [1.807, 2.05) is 0 Å². The molecule has 2 unspecified atom stereocenters. The van der Waals surface area contributed by atoms with Crippen molar-refractivity contribution in [1.82, 2.24) is 0 Å². The van der Waals surface area contributed by atoms with Gasteiger partial charge in [0.2, 0.25) is 0 Å². The molecule has 2 atom stereocenters. The number of rotatable bonds is 3. The maximum absolute atomic E-state index is 9.89. The van der Waals surface area contributed by atoms with E-state index in [0.717, 1.165) is 0 Å². The third kappa shape index (κ3) is 9.07. The van der Waals surface area contributed by atoms with Gasteiger partial charge in [-0.2, -0.15) is 0 Å². The van der Waals surface area contributed by atoms with E-state index in [1.165, 1.54) is 7.11 Å². The number of methoxy groups -OCH3 is 1. The first kappa shape index (κ1) is 12.7. The molecule has 0 N–H and O–H groups in total. The zero-order valence-corrected chi connectivity index (χ0v) is 8.73. The molecule has 0 aromatic carbocycles. The Morgan fingerprint density at radius 3 is 2.33 bits per heavy atom. The average Bonchev–Trinajstić information content (AvgIpc) is 1.65. The summed E-state index contributed by atoms with van der Waals surface area (Å²) >= 11 is -1.97. The van der Waals surface area contributed by atoms with Crippen LogP contribution in [0.4, 0.5) is 0 Å². The van der Waals surface area contributed by atoms with E-state index in [-0.39, 0.29) is 41.4 Å². The first-order chi connectivity index (χ1) is 3.66. The molecule has 0 aliphatic rings. The Morgan fingerprint density at radius 1 is 1.78 bits per heavy atom. The molecule has 0 aromatic rings. The molecule has 0 saturated heterocycles. The van der Waals surface area contributed by atoms with Gasteiger partial charge in [-0.25, -0.2) is 0 Å². The SMILES string of the molecule is COC(C)CS(=O)[O-].[Na+]. The molecule has 0 aliphatic carbocycles. The van der Waals surface area contributed by atoms with Crippen LogP contribution in [-0.2, 0) is 15.8 Å². The molecule has 0 heterocycles. The monoisotopic (exact) mass is 160 g/mol. The third-order valence-electron chi connectivity index (χ3n) is 0.773. The van der Waals surface area contributed by atoms with E-state index in [2.05, 4.69) is 4.74 Å². The molecule has 0 rings (SSSR count). The van der Waals surface area contributed by atoms with Gasteiger partial charge in [-0.15, -0.1) is 0 Å². The molecule has 0 radical (unpaired) electrons. The topological polar surface area (TPSA) is 49.4 Å². The molecule has 50 valence electrons. The fourth-order valence-corrected chi connectivity index (χ4v) is 0.779. The zero-order valence-electron chi connectivity index (χ0n) is 5.92. The third-order valence-corrected chi connectivity index (χ3v) is 1.51. The Kier molecular flexibility index (Phi) is 10.1. The molecule has 0 aliphatic heterocycles. The minimum atomic E-state index is -1.97. The normalized spacial score (nSPS) is 15.9. The molecule has 0 amide bonds. The average molecular weight is 160 g/mol. The van der Waals surface area contributed by atoms with Gasteiger partial charge >= 0.3 is 29.6 Å². The van der Waals surface area contributed by atoms with Crippen molar-refractivity contribution in [2.45, 2.75) is 13.0 Å². The van der Waals surface area contributed by atoms with Crippen LogP contribution in [0.3, 0.4) is 0 Å². The van der Waals surface area contributed by atoms with Crippen molar-refractivity contribution in [3.05, 3.63) is 0 Å². The molecule has 5 heteroatoms. The molecular formula is C4H9NaO3S. The van der Waals surface area contributed by atoms with Crippen molar-refractivity contribution in [1.29, 1.82) is 0 Å². The molecule has 3 nitrogen and oxygen atoms in total. The Morgan fingerprint density at radius 2 is 2.22 bits per heavy atom. The van der Waals surface area contributed by atoms with E-state index < -0.39 is 11.1 Å². The molecule has 0 fully saturated rings. The second kappa shape index (κ2) is 7.18. The molecule has 0 saturated carbocycles. The maximum atomic E-state index is 9.89. The Hall–Kier alpha value is 1.07. The smallest absolute Gasteiger partial charge is 0.772 e. The van der Waals surface area contributed by atoms with E-state index >= 15 is 0 Å². The quantitative estimate of drug-likeness (QED) is 0.324. The van der Waals surface area contributed by atoms with Crippen LogP contribution in [0.2, 0.25) is 0 Å². The Balaban J connectivity index is 0. The summed E-state index contributed by atoms with van der Waals surface area (Å²) < 4.78 is 24.4.